The van der Waals surface area contributed by atoms with E-state index in [2.05, 4.69) is 36.4 Å². The Hall–Kier alpha value is -8.32. The van der Waals surface area contributed by atoms with E-state index in [1.54, 1.807) is 49.5 Å². The quantitative estimate of drug-likeness (QED) is 0.0142. The highest BCUT2D eigenvalue weighted by Crippen LogP contribution is 2.60. The molecule has 0 radical (unpaired) electrons. The van der Waals surface area contributed by atoms with Gasteiger partial charge in [-0.25, -0.2) is 19.6 Å². The molecule has 2 fully saturated rings. The van der Waals surface area contributed by atoms with E-state index in [-0.39, 0.29) is 123 Å². The van der Waals surface area contributed by atoms with Gasteiger partial charge in [-0.1, -0.05) is 95.7 Å². The summed E-state index contributed by atoms with van der Waals surface area (Å²) >= 11 is 1.41. The molecule has 10 rings (SSSR count). The number of hydrogen-bond donors (Lipinski definition) is 5. The van der Waals surface area contributed by atoms with Gasteiger partial charge in [0.1, 0.15) is 24.0 Å². The number of carbonyl (C=O) groups excluding carboxylic acids is 7. The van der Waals surface area contributed by atoms with Crippen LogP contribution >= 0.6 is 18.9 Å². The number of hydrogen-bond acceptors (Lipinski definition) is 17. The molecule has 5 heterocycles. The molecule has 540 valence electrons. The molecule has 3 aromatic carbocycles. The Morgan fingerprint density at radius 1 is 0.822 bits per heavy atom. The average molecular weight is 1420 g/mol. The van der Waals surface area contributed by atoms with Crippen LogP contribution in [0.1, 0.15) is 162 Å². The number of carboxylic acids is 1. The van der Waals surface area contributed by atoms with Crippen molar-refractivity contribution in [3.05, 3.63) is 131 Å². The summed E-state index contributed by atoms with van der Waals surface area (Å²) in [7, 11) is -4.35. The number of ketones is 2. The van der Waals surface area contributed by atoms with Gasteiger partial charge in [0.2, 0.25) is 5.91 Å². The Labute approximate surface area is 593 Å². The fourth-order valence-electron chi connectivity index (χ4n) is 15.8. The van der Waals surface area contributed by atoms with Crippen LogP contribution < -0.4 is 15.5 Å². The molecular weight excluding hydrogens is 1330 g/mol. The maximum absolute atomic E-state index is 13.8. The van der Waals surface area contributed by atoms with Gasteiger partial charge >= 0.3 is 19.7 Å². The van der Waals surface area contributed by atoms with E-state index in [0.717, 1.165) is 59.1 Å². The third-order valence-electron chi connectivity index (χ3n) is 20.0. The van der Waals surface area contributed by atoms with Crippen molar-refractivity contribution in [1.29, 1.82) is 0 Å². The van der Waals surface area contributed by atoms with E-state index < -0.39 is 43.3 Å². The van der Waals surface area contributed by atoms with E-state index in [9.17, 15) is 57.8 Å². The van der Waals surface area contributed by atoms with Gasteiger partial charge in [-0.05, 0) is 147 Å². The number of Topliss-reactive ketones (excluding diaryl/α,β-unsaturated/α-hetero) is 2. The number of anilines is 3. The summed E-state index contributed by atoms with van der Waals surface area (Å²) in [4.78, 5) is 137. The maximum atomic E-state index is 13.8. The molecule has 2 bridgehead atoms. The summed E-state index contributed by atoms with van der Waals surface area (Å²) in [5.41, 5.74) is 5.37. The predicted molar refractivity (Wildman–Crippen MR) is 383 cm³/mol. The number of carbonyl (C=O) groups is 8. The first-order chi connectivity index (χ1) is 48.0. The van der Waals surface area contributed by atoms with Crippen LogP contribution in [0.5, 0.6) is 0 Å². The van der Waals surface area contributed by atoms with Crippen LogP contribution in [0.25, 0.3) is 21.3 Å². The van der Waals surface area contributed by atoms with E-state index in [1.807, 2.05) is 72.8 Å². The van der Waals surface area contributed by atoms with E-state index in [0.29, 0.717) is 96.7 Å². The molecule has 5 amide bonds. The number of thiazole rings is 1. The third-order valence-corrected chi connectivity index (χ3v) is 21.8. The number of fused-ring (bicyclic) bond motifs is 4. The van der Waals surface area contributed by atoms with Gasteiger partial charge in [0.05, 0.1) is 48.0 Å². The maximum Gasteiger partial charge on any atom is 0.410 e. The summed E-state index contributed by atoms with van der Waals surface area (Å²) in [5, 5.41) is 22.0. The van der Waals surface area contributed by atoms with Crippen LogP contribution in [-0.4, -0.2) is 149 Å². The van der Waals surface area contributed by atoms with Crippen LogP contribution in [0, 0.1) is 41.4 Å². The highest BCUT2D eigenvalue weighted by Gasteiger charge is 2.55. The van der Waals surface area contributed by atoms with Crippen molar-refractivity contribution in [3.63, 3.8) is 0 Å². The van der Waals surface area contributed by atoms with Gasteiger partial charge in [0.15, 0.2) is 10.8 Å². The zero-order valence-electron chi connectivity index (χ0n) is 58.7. The summed E-state index contributed by atoms with van der Waals surface area (Å²) in [6.45, 7) is 16.6. The topological polar surface area (TPSA) is 319 Å². The Kier molecular flexibility index (Phi) is 24.4. The monoisotopic (exact) mass is 1420 g/mol. The van der Waals surface area contributed by atoms with Gasteiger partial charge in [0, 0.05) is 111 Å². The van der Waals surface area contributed by atoms with Gasteiger partial charge in [-0.15, -0.1) is 0 Å². The lowest BCUT2D eigenvalue weighted by Gasteiger charge is -2.58. The third kappa shape index (κ3) is 19.7. The lowest BCUT2D eigenvalue weighted by Crippen LogP contribution is -2.55. The molecule has 0 spiro atoms. The normalized spacial score (nSPS) is 20.2. The SMILES string of the molecule is Cc1c(-c2ccc(N3CCc4cccc(C(=O)Nc5nc6ccccc6s5)c4C3)nc2C(=O)O)cnn1CC1(C)CC2(C)CC(C)CC(OCCOCCN(CCCP(=O)(O)O)C(=O)OCc3ccc(NC(=O)[C@H](C)CC(=O)[C@@H](CC(=O)CCCCCN4C(=O)C=CC4=O)C(C)C)cc3)(C2)C1. The number of imide groups is 1. The smallest absolute Gasteiger partial charge is 0.410 e. The van der Waals surface area contributed by atoms with E-state index in [1.165, 1.54) is 33.3 Å². The van der Waals surface area contributed by atoms with Crippen molar-refractivity contribution in [2.45, 2.75) is 157 Å². The molecule has 4 unspecified atom stereocenters. The molecule has 6 atom stereocenters. The molecule has 0 saturated heterocycles. The number of rotatable bonds is 34. The largest absolute Gasteiger partial charge is 0.476 e. The predicted octanol–water partition coefficient (Wildman–Crippen LogP) is 12.2. The van der Waals surface area contributed by atoms with Crippen molar-refractivity contribution >= 4 is 93.0 Å². The fraction of sp³-hybridized carbons (Fsp3) is 0.507. The standard InChI is InChI=1S/C75H94N9O15PS/c1-48(2)58(38-55(85)16-9-8-12-30-83-65(87)26-27-66(83)88)62(86)37-50(4)68(89)77-54-22-20-52(21-23-54)43-98-72(93)81(29-14-36-100(94,95)96)32-33-97-34-35-99-75-40-49(3)39-73(6,45-75)44-74(7,46-75)47-84-51(5)59(41-76-84)56-24-25-64(79-67(56)70(91)92)82-31-28-53-15-13-17-57(60(53)42-82)69(90)80-71-78-61-18-10-11-19-63(61)101-71/h10-11,13,15,17-27,41,48-50,58H,8-9,12,14,16,28-40,42-47H2,1-7H3,(H,77,89)(H,91,92)(H,78,80,90)(H2,94,95,96)/t49?,50-,58+,73?,74?,75?/m1/s1. The van der Waals surface area contributed by atoms with Crippen molar-refractivity contribution < 1.29 is 72.0 Å². The molecule has 6 aromatic rings. The molecule has 4 aliphatic rings. The zero-order chi connectivity index (χ0) is 72.4. The number of benzene rings is 3. The van der Waals surface area contributed by atoms with Gasteiger partial charge in [-0.3, -0.25) is 48.2 Å². The van der Waals surface area contributed by atoms with Gasteiger partial charge < -0.3 is 44.2 Å². The van der Waals surface area contributed by atoms with Crippen LogP contribution in [0.2, 0.25) is 0 Å². The zero-order valence-corrected chi connectivity index (χ0v) is 60.5. The molecular formula is C75H94N9O15PS. The van der Waals surface area contributed by atoms with Gasteiger partial charge in [-0.2, -0.15) is 5.10 Å². The number of pyridine rings is 1. The first-order valence-electron chi connectivity index (χ1n) is 35.0. The average Bonchev–Trinajstić information content (AvgIpc) is 0.963. The number of carboxylic acid groups (broad SMARTS) is 1. The van der Waals surface area contributed by atoms with Crippen molar-refractivity contribution in [2.24, 2.45) is 34.5 Å². The molecule has 2 aliphatic heterocycles. The number of unbranched alkanes of at least 4 members (excludes halogenated alkanes) is 2. The number of nitrogens with one attached hydrogen (secondary N) is 2. The number of ether oxygens (including phenoxy) is 3. The van der Waals surface area contributed by atoms with E-state index in [4.69, 9.17) is 24.3 Å². The number of aromatic carboxylic acids is 1. The Morgan fingerprint density at radius 3 is 2.32 bits per heavy atom. The highest BCUT2D eigenvalue weighted by atomic mass is 32.1. The molecule has 2 aliphatic carbocycles. The van der Waals surface area contributed by atoms with Crippen LogP contribution in [-0.2, 0) is 68.9 Å². The summed E-state index contributed by atoms with van der Waals surface area (Å²) in [6, 6.07) is 23.7. The Balaban J connectivity index is 0.690. The first-order valence-corrected chi connectivity index (χ1v) is 37.6. The Bertz CT molecular complexity index is 4080. The number of amides is 5. The molecule has 24 nitrogen and oxygen atoms in total. The molecule has 26 heteroatoms. The molecule has 101 heavy (non-hydrogen) atoms. The number of nitrogens with zero attached hydrogens (tertiary/aromatic N) is 7. The molecule has 5 N–H and O–H groups in total. The minimum atomic E-state index is -4.35. The number of aromatic nitrogens is 4. The van der Waals surface area contributed by atoms with Crippen LogP contribution in [0.3, 0.4) is 0 Å². The molecule has 3 aromatic heterocycles. The highest BCUT2D eigenvalue weighted by molar-refractivity contribution is 7.51. The van der Waals surface area contributed by atoms with Gasteiger partial charge in [0.25, 0.3) is 17.7 Å². The second-order valence-electron chi connectivity index (χ2n) is 29.1. The lowest BCUT2D eigenvalue weighted by atomic mass is 9.51. The summed E-state index contributed by atoms with van der Waals surface area (Å²) in [5.74, 6) is -3.19. The van der Waals surface area contributed by atoms with Crippen molar-refractivity contribution in [3.8, 4) is 11.1 Å². The lowest BCUT2D eigenvalue weighted by molar-refractivity contribution is -0.183. The summed E-state index contributed by atoms with van der Waals surface area (Å²) in [6.07, 6.45) is 10.2. The fourth-order valence-corrected chi connectivity index (χ4v) is 17.2. The second-order valence-corrected chi connectivity index (χ2v) is 32.0. The van der Waals surface area contributed by atoms with Crippen molar-refractivity contribution in [2.75, 3.05) is 67.7 Å². The minimum absolute atomic E-state index is 0.00294. The van der Waals surface area contributed by atoms with E-state index >= 15 is 0 Å². The first kappa shape index (κ1) is 75.3. The second kappa shape index (κ2) is 32.8. The minimum Gasteiger partial charge on any atom is -0.476 e. The molecule has 2 saturated carbocycles. The summed E-state index contributed by atoms with van der Waals surface area (Å²) < 4.78 is 33.5. The Morgan fingerprint density at radius 2 is 1.58 bits per heavy atom. The van der Waals surface area contributed by atoms with Crippen LogP contribution in [0.4, 0.5) is 21.4 Å². The number of para-hydroxylation sites is 1. The van der Waals surface area contributed by atoms with Crippen molar-refractivity contribution in [1.82, 2.24) is 29.5 Å². The van der Waals surface area contributed by atoms with Crippen LogP contribution in [0.15, 0.2) is 97.2 Å².